The summed E-state index contributed by atoms with van der Waals surface area (Å²) in [6.45, 7) is 8.42. The summed E-state index contributed by atoms with van der Waals surface area (Å²) < 4.78 is 15.9. The van der Waals surface area contributed by atoms with Crippen LogP contribution in [-0.2, 0) is 11.3 Å². The molecule has 9 heteroatoms. The van der Waals surface area contributed by atoms with Crippen molar-refractivity contribution in [2.24, 2.45) is 4.99 Å². The van der Waals surface area contributed by atoms with E-state index < -0.39 is 0 Å². The fraction of sp³-hybridized carbons (Fsp3) is 0.500. The molecule has 0 atom stereocenters. The van der Waals surface area contributed by atoms with Crippen LogP contribution in [0.15, 0.2) is 58.6 Å². The molecule has 5 heterocycles. The number of carbonyl (C=O) groups is 1. The number of halogens is 1. The molecule has 4 aliphatic rings. The highest BCUT2D eigenvalue weighted by molar-refractivity contribution is 6.06. The first-order chi connectivity index (χ1) is 19.1. The summed E-state index contributed by atoms with van der Waals surface area (Å²) >= 11 is 0. The zero-order valence-electron chi connectivity index (χ0n) is 22.8. The molecule has 0 unspecified atom stereocenters. The van der Waals surface area contributed by atoms with E-state index in [1.165, 1.54) is 43.6 Å². The number of likely N-dealkylation sites (tertiary alicyclic amines) is 2. The van der Waals surface area contributed by atoms with Crippen molar-refractivity contribution < 1.29 is 9.18 Å². The van der Waals surface area contributed by atoms with Gasteiger partial charge in [0.25, 0.3) is 0 Å². The summed E-state index contributed by atoms with van der Waals surface area (Å²) in [5.74, 6) is 1.95. The number of benzene rings is 1. The number of aliphatic imine (C=N–C) groups is 1. The second-order valence-corrected chi connectivity index (χ2v) is 11.0. The molecule has 0 bridgehead atoms. The Labute approximate surface area is 229 Å². The molecular weight excluding hydrogens is 493 g/mol. The minimum absolute atomic E-state index is 0.0590. The zero-order chi connectivity index (χ0) is 26.8. The van der Waals surface area contributed by atoms with Crippen molar-refractivity contribution >= 4 is 11.7 Å². The smallest absolute Gasteiger partial charge is 0.246 e. The van der Waals surface area contributed by atoms with Gasteiger partial charge < -0.3 is 25.0 Å². The number of hydrogen-bond donors (Lipinski definition) is 2. The number of allylic oxidation sites excluding steroid dienone is 1. The fourth-order valence-corrected chi connectivity index (χ4v) is 6.17. The molecular formula is C30H38FN7O. The van der Waals surface area contributed by atoms with Crippen LogP contribution in [0.3, 0.4) is 0 Å². The van der Waals surface area contributed by atoms with Crippen molar-refractivity contribution in [2.75, 3.05) is 39.3 Å². The average Bonchev–Trinajstić information content (AvgIpc) is 3.60. The Morgan fingerprint density at radius 3 is 2.56 bits per heavy atom. The van der Waals surface area contributed by atoms with Gasteiger partial charge in [0.05, 0.1) is 5.69 Å². The monoisotopic (exact) mass is 531 g/mol. The first-order valence-corrected chi connectivity index (χ1v) is 14.4. The van der Waals surface area contributed by atoms with E-state index in [4.69, 9.17) is 4.98 Å². The molecule has 4 aliphatic heterocycles. The molecule has 0 spiro atoms. The van der Waals surface area contributed by atoms with Crippen LogP contribution in [0.1, 0.15) is 57.2 Å². The highest BCUT2D eigenvalue weighted by Gasteiger charge is 2.31. The van der Waals surface area contributed by atoms with Crippen molar-refractivity contribution in [2.45, 2.75) is 57.9 Å². The average molecular weight is 532 g/mol. The fourth-order valence-electron chi connectivity index (χ4n) is 6.17. The Hall–Kier alpha value is -3.46. The SMILES string of the molecule is CCC1=CNC2=NCC(=O)NC2=C(N2CCC(c3nc(-c4ccc(F)cc4)cn3CCN3CCCC3)CC2)C1. The van der Waals surface area contributed by atoms with Gasteiger partial charge in [-0.3, -0.25) is 9.79 Å². The number of hydrogen-bond acceptors (Lipinski definition) is 6. The molecule has 0 radical (unpaired) electrons. The lowest BCUT2D eigenvalue weighted by molar-refractivity contribution is -0.119. The van der Waals surface area contributed by atoms with E-state index in [0.717, 1.165) is 86.2 Å². The second-order valence-electron chi connectivity index (χ2n) is 11.0. The summed E-state index contributed by atoms with van der Waals surface area (Å²) in [6, 6.07) is 6.65. The summed E-state index contributed by atoms with van der Waals surface area (Å²) in [5, 5.41) is 6.42. The van der Waals surface area contributed by atoms with Crippen molar-refractivity contribution in [3.8, 4) is 11.3 Å². The summed E-state index contributed by atoms with van der Waals surface area (Å²) in [6.07, 6.45) is 10.5. The molecule has 2 aromatic rings. The van der Waals surface area contributed by atoms with Crippen molar-refractivity contribution in [3.63, 3.8) is 0 Å². The number of aromatic nitrogens is 2. The van der Waals surface area contributed by atoms with Gasteiger partial charge in [0.15, 0.2) is 5.84 Å². The lowest BCUT2D eigenvalue weighted by Gasteiger charge is -2.36. The standard InChI is InChI=1S/C30H38FN7O/c1-2-21-17-26(28-29(32-18-21)33-19-27(39)35-28)37-13-9-23(10-14-37)30-34-25(22-5-7-24(31)8-6-22)20-38(30)16-15-36-11-3-4-12-36/h5-8,18,20,23H,2-4,9-17,19H2,1H3,(H,32,33)(H,35,39). The van der Waals surface area contributed by atoms with Gasteiger partial charge in [-0.05, 0) is 75.0 Å². The van der Waals surface area contributed by atoms with E-state index in [2.05, 4.69) is 43.1 Å². The molecule has 1 amide bonds. The van der Waals surface area contributed by atoms with Crippen LogP contribution >= 0.6 is 0 Å². The number of nitrogens with zero attached hydrogens (tertiary/aromatic N) is 5. The molecule has 2 N–H and O–H groups in total. The number of imidazole rings is 1. The Morgan fingerprint density at radius 1 is 1.05 bits per heavy atom. The molecule has 1 aromatic heterocycles. The Bertz CT molecular complexity index is 1300. The highest BCUT2D eigenvalue weighted by Crippen LogP contribution is 2.34. The molecule has 39 heavy (non-hydrogen) atoms. The van der Waals surface area contributed by atoms with E-state index in [0.29, 0.717) is 5.92 Å². The maximum atomic E-state index is 13.6. The van der Waals surface area contributed by atoms with Crippen molar-refractivity contribution in [1.29, 1.82) is 0 Å². The number of amides is 1. The van der Waals surface area contributed by atoms with Gasteiger partial charge in [-0.2, -0.15) is 0 Å². The number of rotatable bonds is 7. The Kier molecular flexibility index (Phi) is 7.50. The third-order valence-corrected chi connectivity index (χ3v) is 8.48. The maximum absolute atomic E-state index is 13.6. The summed E-state index contributed by atoms with van der Waals surface area (Å²) in [4.78, 5) is 26.8. The lowest BCUT2D eigenvalue weighted by atomic mass is 9.94. The number of piperidine rings is 1. The van der Waals surface area contributed by atoms with Gasteiger partial charge >= 0.3 is 0 Å². The molecule has 8 nitrogen and oxygen atoms in total. The quantitative estimate of drug-likeness (QED) is 0.565. The van der Waals surface area contributed by atoms with E-state index in [-0.39, 0.29) is 18.3 Å². The van der Waals surface area contributed by atoms with E-state index in [9.17, 15) is 9.18 Å². The third-order valence-electron chi connectivity index (χ3n) is 8.48. The van der Waals surface area contributed by atoms with Crippen LogP contribution in [0.25, 0.3) is 11.3 Å². The molecule has 0 aliphatic carbocycles. The van der Waals surface area contributed by atoms with Crippen LogP contribution in [0.2, 0.25) is 0 Å². The van der Waals surface area contributed by atoms with Gasteiger partial charge in [0, 0.05) is 62.2 Å². The molecule has 0 saturated carbocycles. The first-order valence-electron chi connectivity index (χ1n) is 14.4. The minimum atomic E-state index is -0.229. The number of fused-ring (bicyclic) bond motifs is 1. The molecule has 2 fully saturated rings. The normalized spacial score (nSPS) is 20.8. The maximum Gasteiger partial charge on any atom is 0.246 e. The van der Waals surface area contributed by atoms with Gasteiger partial charge in [-0.1, -0.05) is 6.92 Å². The number of nitrogens with one attached hydrogen (secondary N) is 2. The van der Waals surface area contributed by atoms with Gasteiger partial charge in [-0.25, -0.2) is 9.37 Å². The minimum Gasteiger partial charge on any atom is -0.373 e. The molecule has 1 aromatic carbocycles. The van der Waals surface area contributed by atoms with E-state index >= 15 is 0 Å². The van der Waals surface area contributed by atoms with Crippen molar-refractivity contribution in [1.82, 2.24) is 30.0 Å². The van der Waals surface area contributed by atoms with Gasteiger partial charge in [0.1, 0.15) is 23.9 Å². The van der Waals surface area contributed by atoms with Crippen LogP contribution in [0.5, 0.6) is 0 Å². The van der Waals surface area contributed by atoms with E-state index in [1.54, 1.807) is 0 Å². The Morgan fingerprint density at radius 2 is 1.82 bits per heavy atom. The molecule has 6 rings (SSSR count). The van der Waals surface area contributed by atoms with Crippen LogP contribution in [-0.4, -0.2) is 70.4 Å². The predicted molar refractivity (Wildman–Crippen MR) is 150 cm³/mol. The third kappa shape index (κ3) is 5.64. The summed E-state index contributed by atoms with van der Waals surface area (Å²) in [7, 11) is 0. The lowest BCUT2D eigenvalue weighted by Crippen LogP contribution is -2.43. The first kappa shape index (κ1) is 25.8. The predicted octanol–water partition coefficient (Wildman–Crippen LogP) is 3.99. The van der Waals surface area contributed by atoms with Crippen molar-refractivity contribution in [3.05, 3.63) is 65.3 Å². The number of amidine groups is 1. The number of carbonyl (C=O) groups excluding carboxylic acids is 1. The van der Waals surface area contributed by atoms with Crippen LogP contribution in [0, 0.1) is 5.82 Å². The van der Waals surface area contributed by atoms with Gasteiger partial charge in [-0.15, -0.1) is 0 Å². The molecule has 206 valence electrons. The van der Waals surface area contributed by atoms with Crippen LogP contribution in [0.4, 0.5) is 4.39 Å². The Balaban J connectivity index is 1.23. The molecule has 2 saturated heterocycles. The second kappa shape index (κ2) is 11.3. The largest absolute Gasteiger partial charge is 0.373 e. The highest BCUT2D eigenvalue weighted by atomic mass is 19.1. The van der Waals surface area contributed by atoms with Crippen LogP contribution < -0.4 is 10.6 Å². The topological polar surface area (TPSA) is 77.8 Å². The van der Waals surface area contributed by atoms with E-state index in [1.807, 2.05) is 18.3 Å². The zero-order valence-corrected chi connectivity index (χ0v) is 22.8. The summed E-state index contributed by atoms with van der Waals surface area (Å²) in [5.41, 5.74) is 5.15. The van der Waals surface area contributed by atoms with Gasteiger partial charge in [0.2, 0.25) is 5.91 Å².